The van der Waals surface area contributed by atoms with Crippen LogP contribution in [0.1, 0.15) is 11.1 Å². The molecule has 0 saturated heterocycles. The molecular formula is C18H23FIN3O. The highest BCUT2D eigenvalue weighted by Gasteiger charge is 2.10. The molecule has 0 spiro atoms. The number of hydrogen-bond acceptors (Lipinski definition) is 2. The number of guanidine groups is 1. The van der Waals surface area contributed by atoms with Crippen LogP contribution in [0.3, 0.4) is 0 Å². The van der Waals surface area contributed by atoms with Gasteiger partial charge in [0.2, 0.25) is 0 Å². The summed E-state index contributed by atoms with van der Waals surface area (Å²) >= 11 is 0. The lowest BCUT2D eigenvalue weighted by atomic mass is 10.2. The van der Waals surface area contributed by atoms with Crippen molar-refractivity contribution >= 4 is 29.9 Å². The quantitative estimate of drug-likeness (QED) is 0.436. The van der Waals surface area contributed by atoms with Gasteiger partial charge in [-0.05, 0) is 12.1 Å². The van der Waals surface area contributed by atoms with E-state index >= 15 is 0 Å². The van der Waals surface area contributed by atoms with E-state index in [0.29, 0.717) is 24.6 Å². The lowest BCUT2D eigenvalue weighted by molar-refractivity contribution is 0.396. The van der Waals surface area contributed by atoms with Gasteiger partial charge in [-0.2, -0.15) is 0 Å². The van der Waals surface area contributed by atoms with Crippen molar-refractivity contribution in [2.24, 2.45) is 4.99 Å². The minimum atomic E-state index is -0.220. The molecule has 4 nitrogen and oxygen atoms in total. The lowest BCUT2D eigenvalue weighted by Gasteiger charge is -2.23. The normalized spacial score (nSPS) is 10.8. The Morgan fingerprint density at radius 3 is 2.38 bits per heavy atom. The average Bonchev–Trinajstić information content (AvgIpc) is 2.57. The number of nitrogens with zero attached hydrogens (tertiary/aromatic N) is 2. The fraction of sp³-hybridized carbons (Fsp3) is 0.278. The number of rotatable bonds is 5. The van der Waals surface area contributed by atoms with Crippen molar-refractivity contribution in [2.75, 3.05) is 21.2 Å². The Labute approximate surface area is 159 Å². The van der Waals surface area contributed by atoms with Gasteiger partial charge in [-0.1, -0.05) is 36.4 Å². The molecule has 2 aromatic carbocycles. The molecule has 0 saturated carbocycles. The van der Waals surface area contributed by atoms with Crippen LogP contribution < -0.4 is 10.1 Å². The van der Waals surface area contributed by atoms with E-state index in [4.69, 9.17) is 4.74 Å². The number of para-hydroxylation sites is 1. The van der Waals surface area contributed by atoms with Crippen molar-refractivity contribution in [3.63, 3.8) is 0 Å². The van der Waals surface area contributed by atoms with Crippen molar-refractivity contribution in [3.8, 4) is 5.75 Å². The van der Waals surface area contributed by atoms with Crippen LogP contribution in [0.5, 0.6) is 5.75 Å². The largest absolute Gasteiger partial charge is 0.496 e. The minimum Gasteiger partial charge on any atom is -0.496 e. The van der Waals surface area contributed by atoms with Gasteiger partial charge in [-0.25, -0.2) is 4.39 Å². The predicted molar refractivity (Wildman–Crippen MR) is 106 cm³/mol. The number of benzene rings is 2. The Morgan fingerprint density at radius 1 is 1.12 bits per heavy atom. The van der Waals surface area contributed by atoms with E-state index in [0.717, 1.165) is 11.3 Å². The molecule has 130 valence electrons. The first-order chi connectivity index (χ1) is 11.2. The average molecular weight is 443 g/mol. The summed E-state index contributed by atoms with van der Waals surface area (Å²) in [5, 5.41) is 3.18. The van der Waals surface area contributed by atoms with Gasteiger partial charge in [0, 0.05) is 38.3 Å². The Balaban J connectivity index is 0.00000288. The highest BCUT2D eigenvalue weighted by molar-refractivity contribution is 14.0. The summed E-state index contributed by atoms with van der Waals surface area (Å²) in [4.78, 5) is 6.22. The third kappa shape index (κ3) is 5.36. The molecule has 0 heterocycles. The molecular weight excluding hydrogens is 420 g/mol. The molecule has 0 atom stereocenters. The van der Waals surface area contributed by atoms with Gasteiger partial charge < -0.3 is 15.0 Å². The molecule has 0 aromatic heterocycles. The molecule has 2 rings (SSSR count). The summed E-state index contributed by atoms with van der Waals surface area (Å²) in [6.45, 7) is 1.02. The van der Waals surface area contributed by atoms with Gasteiger partial charge in [0.05, 0.1) is 7.11 Å². The number of hydrogen-bond donors (Lipinski definition) is 1. The second-order valence-electron chi connectivity index (χ2n) is 5.16. The van der Waals surface area contributed by atoms with E-state index in [1.54, 1.807) is 26.3 Å². The molecule has 0 fully saturated rings. The van der Waals surface area contributed by atoms with Crippen LogP contribution in [0.25, 0.3) is 0 Å². The van der Waals surface area contributed by atoms with E-state index in [1.165, 1.54) is 6.07 Å². The van der Waals surface area contributed by atoms with Crippen LogP contribution in [0.2, 0.25) is 0 Å². The molecule has 0 aliphatic heterocycles. The van der Waals surface area contributed by atoms with Crippen LogP contribution in [0.15, 0.2) is 53.5 Å². The molecule has 24 heavy (non-hydrogen) atoms. The zero-order valence-corrected chi connectivity index (χ0v) is 16.5. The van der Waals surface area contributed by atoms with Crippen molar-refractivity contribution < 1.29 is 9.13 Å². The zero-order valence-electron chi connectivity index (χ0n) is 14.1. The van der Waals surface area contributed by atoms with Gasteiger partial charge in [0.15, 0.2) is 5.96 Å². The fourth-order valence-corrected chi connectivity index (χ4v) is 2.36. The van der Waals surface area contributed by atoms with Crippen LogP contribution >= 0.6 is 24.0 Å². The SMILES string of the molecule is CN=C(NCc1ccccc1F)N(C)Cc1ccccc1OC.I. The number of nitrogens with one attached hydrogen (secondary N) is 1. The van der Waals surface area contributed by atoms with E-state index in [2.05, 4.69) is 10.3 Å². The van der Waals surface area contributed by atoms with Gasteiger partial charge in [-0.3, -0.25) is 4.99 Å². The second kappa shape index (κ2) is 10.1. The van der Waals surface area contributed by atoms with Gasteiger partial charge in [0.25, 0.3) is 0 Å². The molecule has 0 bridgehead atoms. The second-order valence-corrected chi connectivity index (χ2v) is 5.16. The maximum atomic E-state index is 13.7. The van der Waals surface area contributed by atoms with E-state index in [-0.39, 0.29) is 29.8 Å². The van der Waals surface area contributed by atoms with Gasteiger partial charge >= 0.3 is 0 Å². The minimum absolute atomic E-state index is 0. The third-order valence-corrected chi connectivity index (χ3v) is 3.57. The first-order valence-electron chi connectivity index (χ1n) is 7.42. The van der Waals surface area contributed by atoms with E-state index < -0.39 is 0 Å². The van der Waals surface area contributed by atoms with Crippen molar-refractivity contribution in [1.82, 2.24) is 10.2 Å². The molecule has 0 radical (unpaired) electrons. The summed E-state index contributed by atoms with van der Waals surface area (Å²) in [5.74, 6) is 1.31. The van der Waals surface area contributed by atoms with Crippen molar-refractivity contribution in [3.05, 3.63) is 65.5 Å². The number of halogens is 2. The predicted octanol–water partition coefficient (Wildman–Crippen LogP) is 3.66. The molecule has 6 heteroatoms. The third-order valence-electron chi connectivity index (χ3n) is 3.57. The van der Waals surface area contributed by atoms with Gasteiger partial charge in [0.1, 0.15) is 11.6 Å². The van der Waals surface area contributed by atoms with Crippen molar-refractivity contribution in [2.45, 2.75) is 13.1 Å². The monoisotopic (exact) mass is 443 g/mol. The highest BCUT2D eigenvalue weighted by atomic mass is 127. The first kappa shape index (κ1) is 20.2. The summed E-state index contributed by atoms with van der Waals surface area (Å²) in [6.07, 6.45) is 0. The first-order valence-corrected chi connectivity index (χ1v) is 7.42. The Hall–Kier alpha value is -1.83. The number of ether oxygens (including phenoxy) is 1. The van der Waals surface area contributed by atoms with E-state index in [1.807, 2.05) is 42.3 Å². The van der Waals surface area contributed by atoms with Crippen LogP contribution in [0.4, 0.5) is 4.39 Å². The molecule has 0 aliphatic carbocycles. The lowest BCUT2D eigenvalue weighted by Crippen LogP contribution is -2.38. The van der Waals surface area contributed by atoms with Gasteiger partial charge in [-0.15, -0.1) is 24.0 Å². The number of aliphatic imine (C=N–C) groups is 1. The smallest absolute Gasteiger partial charge is 0.193 e. The Morgan fingerprint density at radius 2 is 1.75 bits per heavy atom. The summed E-state index contributed by atoms with van der Waals surface area (Å²) < 4.78 is 19.0. The van der Waals surface area contributed by atoms with Crippen LogP contribution in [-0.4, -0.2) is 32.1 Å². The standard InChI is InChI=1S/C18H22FN3O.HI/c1-20-18(21-12-14-8-4-6-10-16(14)19)22(2)13-15-9-5-7-11-17(15)23-3;/h4-11H,12-13H2,1-3H3,(H,20,21);1H. The van der Waals surface area contributed by atoms with Crippen LogP contribution in [0, 0.1) is 5.82 Å². The van der Waals surface area contributed by atoms with Crippen molar-refractivity contribution in [1.29, 1.82) is 0 Å². The molecule has 2 aromatic rings. The summed E-state index contributed by atoms with van der Waals surface area (Å²) in [7, 11) is 5.30. The fourth-order valence-electron chi connectivity index (χ4n) is 2.36. The maximum absolute atomic E-state index is 13.7. The molecule has 0 amide bonds. The highest BCUT2D eigenvalue weighted by Crippen LogP contribution is 2.18. The topological polar surface area (TPSA) is 36.9 Å². The van der Waals surface area contributed by atoms with E-state index in [9.17, 15) is 4.39 Å². The Kier molecular flexibility index (Phi) is 8.53. The zero-order chi connectivity index (χ0) is 16.7. The molecule has 0 unspecified atom stereocenters. The maximum Gasteiger partial charge on any atom is 0.193 e. The Bertz CT molecular complexity index is 679. The summed E-state index contributed by atoms with van der Waals surface area (Å²) in [5.41, 5.74) is 1.67. The van der Waals surface area contributed by atoms with Crippen LogP contribution in [-0.2, 0) is 13.1 Å². The molecule has 0 aliphatic rings. The molecule has 1 N–H and O–H groups in total. The summed E-state index contributed by atoms with van der Waals surface area (Å²) in [6, 6.07) is 14.6. The number of methoxy groups -OCH3 is 1.